The Morgan fingerprint density at radius 1 is 0.781 bits per heavy atom. The summed E-state index contributed by atoms with van der Waals surface area (Å²) >= 11 is 5.36. The molecule has 2 amide bonds. The summed E-state index contributed by atoms with van der Waals surface area (Å²) in [5, 5.41) is 28.8. The highest BCUT2D eigenvalue weighted by atomic mass is 32.1. The molecule has 0 N–H and O–H groups in total. The Kier molecular flexibility index (Phi) is 5.06. The molecular weight excluding hydrogens is 422 g/mol. The Hall–Kier alpha value is -4.32. The van der Waals surface area contributed by atoms with E-state index in [4.69, 9.17) is 12.2 Å². The summed E-state index contributed by atoms with van der Waals surface area (Å²) in [6.45, 7) is 4.08. The molecule has 0 saturated carbocycles. The lowest BCUT2D eigenvalue weighted by molar-refractivity contribution is -0.133. The molecule has 0 atom stereocenters. The van der Waals surface area contributed by atoms with Gasteiger partial charge in [-0.15, -0.1) is 0 Å². The molecule has 1 aliphatic heterocycles. The van der Waals surface area contributed by atoms with E-state index in [1.54, 1.807) is 38.1 Å². The second-order valence-electron chi connectivity index (χ2n) is 7.17. The second-order valence-corrected chi connectivity index (χ2v) is 7.54. The number of benzene rings is 2. The topological polar surface area (TPSA) is 112 Å². The number of rotatable bonds is 2. The van der Waals surface area contributed by atoms with E-state index in [-0.39, 0.29) is 34.9 Å². The van der Waals surface area contributed by atoms with Crippen LogP contribution < -0.4 is 0 Å². The van der Waals surface area contributed by atoms with E-state index >= 15 is 0 Å². The maximum absolute atomic E-state index is 13.4. The van der Waals surface area contributed by atoms with Crippen LogP contribution in [0, 0.1) is 34.0 Å². The number of likely N-dealkylation sites (N-methyl/N-ethyl adjacent to an activating group) is 2. The SMILES string of the molecule is CCN1C(=O)C(=C2c3cc(C#N)ccc3-c3c(C#N)cc(C#N)cc32)C(=O)N(CC)C1=S. The van der Waals surface area contributed by atoms with Gasteiger partial charge < -0.3 is 0 Å². The van der Waals surface area contributed by atoms with Crippen molar-refractivity contribution in [1.82, 2.24) is 9.80 Å². The van der Waals surface area contributed by atoms with Crippen molar-refractivity contribution in [3.8, 4) is 29.3 Å². The molecule has 32 heavy (non-hydrogen) atoms. The maximum atomic E-state index is 13.4. The number of nitrogens with zero attached hydrogens (tertiary/aromatic N) is 5. The number of amides is 2. The Bertz CT molecular complexity index is 1370. The minimum absolute atomic E-state index is 0.0867. The lowest BCUT2D eigenvalue weighted by Crippen LogP contribution is -2.56. The smallest absolute Gasteiger partial charge is 0.266 e. The summed E-state index contributed by atoms with van der Waals surface area (Å²) in [7, 11) is 0. The first-order valence-electron chi connectivity index (χ1n) is 9.87. The molecule has 8 heteroatoms. The van der Waals surface area contributed by atoms with E-state index in [9.17, 15) is 25.4 Å². The van der Waals surface area contributed by atoms with Gasteiger partial charge in [-0.05, 0) is 67.0 Å². The van der Waals surface area contributed by atoms with Crippen molar-refractivity contribution in [2.24, 2.45) is 0 Å². The number of hydrogen-bond acceptors (Lipinski definition) is 6. The molecule has 2 aromatic rings. The van der Waals surface area contributed by atoms with Crippen molar-refractivity contribution < 1.29 is 9.59 Å². The van der Waals surface area contributed by atoms with Crippen LogP contribution in [0.4, 0.5) is 0 Å². The lowest BCUT2D eigenvalue weighted by atomic mass is 9.92. The van der Waals surface area contributed by atoms with Crippen LogP contribution >= 0.6 is 12.2 Å². The molecule has 0 radical (unpaired) electrons. The lowest BCUT2D eigenvalue weighted by Gasteiger charge is -2.36. The molecule has 0 aromatic heterocycles. The predicted octanol–water partition coefficient (Wildman–Crippen LogP) is 3.08. The van der Waals surface area contributed by atoms with Gasteiger partial charge in [-0.2, -0.15) is 15.8 Å². The van der Waals surface area contributed by atoms with Crippen LogP contribution in [0.3, 0.4) is 0 Å². The van der Waals surface area contributed by atoms with E-state index in [2.05, 4.69) is 12.1 Å². The number of hydrogen-bond donors (Lipinski definition) is 0. The third-order valence-corrected chi connectivity index (χ3v) is 6.05. The van der Waals surface area contributed by atoms with Gasteiger partial charge >= 0.3 is 0 Å². The standard InChI is InChI=1S/C24H15N5O2S/c1-3-28-22(30)21(23(31)29(4-2)24(28)32)20-17-8-13(10-25)5-6-16(17)19-15(12-27)7-14(11-26)9-18(19)20/h5-9H,3-4H2,1-2H3. The fraction of sp³-hybridized carbons (Fsp3) is 0.167. The average molecular weight is 437 g/mol. The highest BCUT2D eigenvalue weighted by Crippen LogP contribution is 2.48. The summed E-state index contributed by atoms with van der Waals surface area (Å²) < 4.78 is 0. The van der Waals surface area contributed by atoms with Gasteiger partial charge in [-0.25, -0.2) is 0 Å². The fourth-order valence-corrected chi connectivity index (χ4v) is 4.61. The number of carbonyl (C=O) groups excluding carboxylic acids is 2. The Morgan fingerprint density at radius 3 is 1.91 bits per heavy atom. The molecule has 2 aromatic carbocycles. The van der Waals surface area contributed by atoms with Gasteiger partial charge in [0.15, 0.2) is 5.11 Å². The summed E-state index contributed by atoms with van der Waals surface area (Å²) in [4.78, 5) is 29.6. The zero-order chi connectivity index (χ0) is 23.2. The van der Waals surface area contributed by atoms with Gasteiger partial charge in [0.05, 0.1) is 34.9 Å². The van der Waals surface area contributed by atoms with Gasteiger partial charge in [-0.1, -0.05) is 6.07 Å². The van der Waals surface area contributed by atoms with E-state index in [1.165, 1.54) is 15.9 Å². The van der Waals surface area contributed by atoms with E-state index in [0.717, 1.165) is 0 Å². The zero-order valence-corrected chi connectivity index (χ0v) is 18.1. The number of nitriles is 3. The molecule has 1 saturated heterocycles. The quantitative estimate of drug-likeness (QED) is 0.346. The molecule has 1 aliphatic carbocycles. The van der Waals surface area contributed by atoms with Crippen LogP contribution in [0.2, 0.25) is 0 Å². The maximum Gasteiger partial charge on any atom is 0.266 e. The summed E-state index contributed by atoms with van der Waals surface area (Å²) in [6.07, 6.45) is 0. The third-order valence-electron chi connectivity index (χ3n) is 5.61. The van der Waals surface area contributed by atoms with Crippen molar-refractivity contribution in [2.75, 3.05) is 13.1 Å². The van der Waals surface area contributed by atoms with Crippen molar-refractivity contribution in [3.05, 3.63) is 63.7 Å². The van der Waals surface area contributed by atoms with Crippen molar-refractivity contribution >= 4 is 34.7 Å². The number of thiocarbonyl (C=S) groups is 1. The first-order chi connectivity index (χ1) is 15.4. The first kappa shape index (κ1) is 20.9. The molecule has 0 spiro atoms. The normalized spacial score (nSPS) is 14.7. The molecule has 0 bridgehead atoms. The first-order valence-corrected chi connectivity index (χ1v) is 10.3. The Labute approximate surface area is 190 Å². The van der Waals surface area contributed by atoms with Crippen LogP contribution in [0.25, 0.3) is 16.7 Å². The van der Waals surface area contributed by atoms with Gasteiger partial charge in [0.25, 0.3) is 11.8 Å². The van der Waals surface area contributed by atoms with E-state index in [0.29, 0.717) is 33.4 Å². The number of carbonyl (C=O) groups is 2. The van der Waals surface area contributed by atoms with Crippen LogP contribution in [-0.2, 0) is 9.59 Å². The molecular formula is C24H15N5O2S. The fourth-order valence-electron chi connectivity index (χ4n) is 4.19. The number of fused-ring (bicyclic) bond motifs is 3. The van der Waals surface area contributed by atoms with Crippen LogP contribution in [0.5, 0.6) is 0 Å². The molecule has 7 nitrogen and oxygen atoms in total. The zero-order valence-electron chi connectivity index (χ0n) is 17.3. The van der Waals surface area contributed by atoms with Gasteiger partial charge in [0, 0.05) is 24.2 Å². The summed E-state index contributed by atoms with van der Waals surface area (Å²) in [6, 6.07) is 14.2. The third kappa shape index (κ3) is 2.80. The van der Waals surface area contributed by atoms with Crippen molar-refractivity contribution in [1.29, 1.82) is 15.8 Å². The highest BCUT2D eigenvalue weighted by molar-refractivity contribution is 7.80. The Morgan fingerprint density at radius 2 is 1.38 bits per heavy atom. The van der Waals surface area contributed by atoms with E-state index in [1.807, 2.05) is 6.07 Å². The van der Waals surface area contributed by atoms with E-state index < -0.39 is 11.8 Å². The minimum Gasteiger partial charge on any atom is -0.285 e. The second kappa shape index (κ2) is 7.74. The summed E-state index contributed by atoms with van der Waals surface area (Å²) in [5.74, 6) is -1.08. The minimum atomic E-state index is -0.538. The van der Waals surface area contributed by atoms with Crippen LogP contribution in [-0.4, -0.2) is 39.8 Å². The molecule has 154 valence electrons. The molecule has 4 rings (SSSR count). The summed E-state index contributed by atoms with van der Waals surface area (Å²) in [5.41, 5.74) is 3.18. The van der Waals surface area contributed by atoms with Crippen LogP contribution in [0.15, 0.2) is 35.9 Å². The average Bonchev–Trinajstić information content (AvgIpc) is 3.12. The molecule has 1 fully saturated rings. The predicted molar refractivity (Wildman–Crippen MR) is 119 cm³/mol. The van der Waals surface area contributed by atoms with Gasteiger partial charge in [-0.3, -0.25) is 19.4 Å². The largest absolute Gasteiger partial charge is 0.285 e. The monoisotopic (exact) mass is 437 g/mol. The highest BCUT2D eigenvalue weighted by Gasteiger charge is 2.42. The van der Waals surface area contributed by atoms with Gasteiger partial charge in [0.2, 0.25) is 0 Å². The van der Waals surface area contributed by atoms with Gasteiger partial charge in [0.1, 0.15) is 5.57 Å². The van der Waals surface area contributed by atoms with Crippen LogP contribution in [0.1, 0.15) is 41.7 Å². The molecule has 1 heterocycles. The Balaban J connectivity index is 2.17. The molecule has 2 aliphatic rings. The van der Waals surface area contributed by atoms with Crippen molar-refractivity contribution in [2.45, 2.75) is 13.8 Å². The van der Waals surface area contributed by atoms with Crippen molar-refractivity contribution in [3.63, 3.8) is 0 Å². The molecule has 0 unspecified atom stereocenters.